The minimum absolute atomic E-state index is 0.607. The summed E-state index contributed by atoms with van der Waals surface area (Å²) in [4.78, 5) is 7.11. The number of hydrogen-bond donors (Lipinski definition) is 0. The van der Waals surface area contributed by atoms with Gasteiger partial charge in [0.15, 0.2) is 0 Å². The van der Waals surface area contributed by atoms with Gasteiger partial charge in [-0.25, -0.2) is 4.98 Å². The third kappa shape index (κ3) is 3.22. The van der Waals surface area contributed by atoms with E-state index in [4.69, 9.17) is 9.47 Å². The summed E-state index contributed by atoms with van der Waals surface area (Å²) in [7, 11) is 0. The second kappa shape index (κ2) is 7.25. The Kier molecular flexibility index (Phi) is 4.39. The molecule has 3 aromatic rings. The van der Waals surface area contributed by atoms with E-state index in [-0.39, 0.29) is 0 Å². The van der Waals surface area contributed by atoms with Crippen LogP contribution in [0.1, 0.15) is 41.1 Å². The quantitative estimate of drug-likeness (QED) is 0.661. The molecule has 0 spiro atoms. The monoisotopic (exact) mass is 401 g/mol. The largest absolute Gasteiger partial charge is 0.488 e. The highest BCUT2D eigenvalue weighted by Gasteiger charge is 2.30. The van der Waals surface area contributed by atoms with E-state index in [9.17, 15) is 0 Å². The molecule has 0 N–H and O–H groups in total. The molecule has 0 aliphatic carbocycles. The van der Waals surface area contributed by atoms with Crippen LogP contribution < -0.4 is 4.74 Å². The summed E-state index contributed by atoms with van der Waals surface area (Å²) in [5.41, 5.74) is 7.00. The van der Waals surface area contributed by atoms with Crippen LogP contribution in [-0.4, -0.2) is 53.2 Å². The molecule has 5 heterocycles. The fourth-order valence-electron chi connectivity index (χ4n) is 4.94. The number of benzene rings is 1. The van der Waals surface area contributed by atoms with Gasteiger partial charge in [0.25, 0.3) is 0 Å². The maximum atomic E-state index is 6.21. The summed E-state index contributed by atoms with van der Waals surface area (Å²) in [6.45, 7) is 6.82. The molecule has 0 saturated carbocycles. The first-order valence-corrected chi connectivity index (χ1v) is 11.0. The number of aryl methyl sites for hydroxylation is 1. The highest BCUT2D eigenvalue weighted by atomic mass is 16.5. The normalized spacial score (nSPS) is 20.5. The van der Waals surface area contributed by atoms with Crippen molar-refractivity contribution < 1.29 is 9.47 Å². The molecule has 6 rings (SSSR count). The third-order valence-corrected chi connectivity index (χ3v) is 6.83. The first-order chi connectivity index (χ1) is 14.7. The number of ether oxygens (including phenoxy) is 2. The number of likely N-dealkylation sites (tertiary alicyclic amines) is 1. The molecule has 0 amide bonds. The van der Waals surface area contributed by atoms with Crippen molar-refractivity contribution in [3.05, 3.63) is 65.1 Å². The molecule has 5 nitrogen and oxygen atoms in total. The van der Waals surface area contributed by atoms with Crippen LogP contribution in [0.4, 0.5) is 0 Å². The summed E-state index contributed by atoms with van der Waals surface area (Å²) >= 11 is 0. The van der Waals surface area contributed by atoms with Gasteiger partial charge in [0, 0.05) is 18.0 Å². The number of imidazole rings is 1. The van der Waals surface area contributed by atoms with Crippen molar-refractivity contribution in [1.82, 2.24) is 14.3 Å². The van der Waals surface area contributed by atoms with Crippen LogP contribution in [0.15, 0.2) is 42.7 Å². The zero-order valence-corrected chi connectivity index (χ0v) is 17.4. The second-order valence-corrected chi connectivity index (χ2v) is 8.82. The van der Waals surface area contributed by atoms with Gasteiger partial charge in [0.05, 0.1) is 24.9 Å². The summed E-state index contributed by atoms with van der Waals surface area (Å²) in [5.74, 6) is 1.65. The zero-order chi connectivity index (χ0) is 20.1. The van der Waals surface area contributed by atoms with Crippen LogP contribution in [0.3, 0.4) is 0 Å². The smallest absolute Gasteiger partial charge is 0.136 e. The third-order valence-electron chi connectivity index (χ3n) is 6.83. The van der Waals surface area contributed by atoms with Crippen molar-refractivity contribution in [1.29, 1.82) is 0 Å². The molecule has 30 heavy (non-hydrogen) atoms. The number of pyridine rings is 1. The van der Waals surface area contributed by atoms with E-state index in [2.05, 4.69) is 63.1 Å². The van der Waals surface area contributed by atoms with E-state index in [1.165, 1.54) is 48.2 Å². The molecule has 2 saturated heterocycles. The van der Waals surface area contributed by atoms with E-state index >= 15 is 0 Å². The highest BCUT2D eigenvalue weighted by Crippen LogP contribution is 2.36. The first-order valence-electron chi connectivity index (χ1n) is 11.0. The lowest BCUT2D eigenvalue weighted by atomic mass is 9.87. The molecule has 5 heteroatoms. The Morgan fingerprint density at radius 3 is 2.70 bits per heavy atom. The number of nitrogens with zero attached hydrogens (tertiary/aromatic N) is 3. The molecule has 0 unspecified atom stereocenters. The number of hydrogen-bond acceptors (Lipinski definition) is 4. The predicted octanol–water partition coefficient (Wildman–Crippen LogP) is 4.15. The molecular weight excluding hydrogens is 374 g/mol. The van der Waals surface area contributed by atoms with Crippen molar-refractivity contribution in [2.45, 2.75) is 31.7 Å². The molecule has 0 bridgehead atoms. The van der Waals surface area contributed by atoms with E-state index in [0.29, 0.717) is 18.6 Å². The van der Waals surface area contributed by atoms with Crippen LogP contribution in [0.2, 0.25) is 0 Å². The minimum Gasteiger partial charge on any atom is -0.488 e. The van der Waals surface area contributed by atoms with Gasteiger partial charge in [-0.1, -0.05) is 12.1 Å². The summed E-state index contributed by atoms with van der Waals surface area (Å²) in [6, 6.07) is 11.7. The highest BCUT2D eigenvalue weighted by molar-refractivity contribution is 5.85. The maximum absolute atomic E-state index is 6.21. The van der Waals surface area contributed by atoms with Crippen molar-refractivity contribution in [2.24, 2.45) is 0 Å². The fraction of sp³-hybridized carbons (Fsp3) is 0.400. The van der Waals surface area contributed by atoms with Gasteiger partial charge >= 0.3 is 0 Å². The Bertz CT molecular complexity index is 1120. The Labute approximate surface area is 176 Å². The van der Waals surface area contributed by atoms with Gasteiger partial charge < -0.3 is 13.9 Å². The Morgan fingerprint density at radius 1 is 1.03 bits per heavy atom. The molecule has 2 fully saturated rings. The van der Waals surface area contributed by atoms with Crippen molar-refractivity contribution >= 4 is 17.3 Å². The maximum Gasteiger partial charge on any atom is 0.136 e. The summed E-state index contributed by atoms with van der Waals surface area (Å²) < 4.78 is 13.7. The summed E-state index contributed by atoms with van der Waals surface area (Å²) in [6.07, 6.45) is 8.92. The number of rotatable bonds is 3. The summed E-state index contributed by atoms with van der Waals surface area (Å²) in [5, 5.41) is 0. The van der Waals surface area contributed by atoms with Crippen molar-refractivity contribution in [3.63, 3.8) is 0 Å². The van der Waals surface area contributed by atoms with Gasteiger partial charge in [-0.3, -0.25) is 4.90 Å². The van der Waals surface area contributed by atoms with E-state index in [0.717, 1.165) is 30.3 Å². The average Bonchev–Trinajstić information content (AvgIpc) is 3.11. The SMILES string of the molecule is Cc1cn2cc(C3=Cc4ccc(C5CCN(C6COC6)CC5)cc4OC3)ccc2n1. The van der Waals surface area contributed by atoms with Gasteiger partial charge in [-0.05, 0) is 79.7 Å². The van der Waals surface area contributed by atoms with E-state index in [1.54, 1.807) is 0 Å². The lowest BCUT2D eigenvalue weighted by Crippen LogP contribution is -2.51. The fourth-order valence-corrected chi connectivity index (χ4v) is 4.94. The number of aromatic nitrogens is 2. The first kappa shape index (κ1) is 18.2. The molecule has 2 aromatic heterocycles. The molecule has 0 radical (unpaired) electrons. The molecule has 0 atom stereocenters. The topological polar surface area (TPSA) is 39.0 Å². The van der Waals surface area contributed by atoms with Crippen LogP contribution in [0.25, 0.3) is 17.3 Å². The van der Waals surface area contributed by atoms with Gasteiger partial charge in [0.2, 0.25) is 0 Å². The predicted molar refractivity (Wildman–Crippen MR) is 118 cm³/mol. The average molecular weight is 402 g/mol. The van der Waals surface area contributed by atoms with Crippen LogP contribution in [-0.2, 0) is 4.74 Å². The molecule has 1 aromatic carbocycles. The Morgan fingerprint density at radius 2 is 1.90 bits per heavy atom. The lowest BCUT2D eigenvalue weighted by molar-refractivity contribution is -0.0712. The van der Waals surface area contributed by atoms with Gasteiger partial charge in [-0.2, -0.15) is 0 Å². The zero-order valence-electron chi connectivity index (χ0n) is 17.4. The van der Waals surface area contributed by atoms with Crippen LogP contribution in [0.5, 0.6) is 5.75 Å². The lowest BCUT2D eigenvalue weighted by Gasteiger charge is -2.41. The second-order valence-electron chi connectivity index (χ2n) is 8.82. The standard InChI is InChI=1S/C25H27N3O2/c1-17-12-28-13-21(4-5-25(28)26-17)22-10-20-3-2-19(11-24(20)30-14-22)18-6-8-27(9-7-18)23-15-29-16-23/h2-5,10-13,18,23H,6-9,14-16H2,1H3. The molecule has 3 aliphatic heterocycles. The Hall–Kier alpha value is -2.63. The minimum atomic E-state index is 0.607. The number of fused-ring (bicyclic) bond motifs is 2. The van der Waals surface area contributed by atoms with Crippen LogP contribution >= 0.6 is 0 Å². The van der Waals surface area contributed by atoms with Gasteiger partial charge in [0.1, 0.15) is 18.0 Å². The van der Waals surface area contributed by atoms with Gasteiger partial charge in [-0.15, -0.1) is 0 Å². The molecular formula is C25H27N3O2. The number of piperidine rings is 1. The molecule has 154 valence electrons. The van der Waals surface area contributed by atoms with E-state index < -0.39 is 0 Å². The Balaban J connectivity index is 1.21. The van der Waals surface area contributed by atoms with Crippen molar-refractivity contribution in [2.75, 3.05) is 32.9 Å². The van der Waals surface area contributed by atoms with Crippen LogP contribution in [0, 0.1) is 6.92 Å². The van der Waals surface area contributed by atoms with E-state index in [1.807, 2.05) is 6.92 Å². The van der Waals surface area contributed by atoms with Crippen molar-refractivity contribution in [3.8, 4) is 5.75 Å². The molecule has 3 aliphatic rings.